The average molecular weight is 482 g/mol. The number of rotatable bonds is 9. The Morgan fingerprint density at radius 3 is 2.79 bits per heavy atom. The molecule has 0 aliphatic rings. The molecule has 0 unspecified atom stereocenters. The molecule has 0 fully saturated rings. The highest BCUT2D eigenvalue weighted by Crippen LogP contribution is 2.34. The fraction of sp³-hybridized carbons (Fsp3) is 0.346. The van der Waals surface area contributed by atoms with Gasteiger partial charge in [0, 0.05) is 36.2 Å². The lowest BCUT2D eigenvalue weighted by Gasteiger charge is -2.11. The quantitative estimate of drug-likeness (QED) is 0.264. The second-order valence-corrected chi connectivity index (χ2v) is 8.77. The van der Waals surface area contributed by atoms with Crippen LogP contribution in [0.2, 0.25) is 5.02 Å². The summed E-state index contributed by atoms with van der Waals surface area (Å²) in [5.74, 6) is 1.34. The number of para-hydroxylation sites is 1. The van der Waals surface area contributed by atoms with Crippen LogP contribution in [0.5, 0.6) is 5.75 Å². The second-order valence-electron chi connectivity index (χ2n) is 8.36. The molecule has 4 aromatic rings. The highest BCUT2D eigenvalue weighted by atomic mass is 35.5. The number of aromatic nitrogens is 3. The summed E-state index contributed by atoms with van der Waals surface area (Å²) in [5, 5.41) is 5.83. The number of nitrogens with zero attached hydrogens (tertiary/aromatic N) is 3. The molecule has 34 heavy (non-hydrogen) atoms. The molecule has 0 saturated heterocycles. The summed E-state index contributed by atoms with van der Waals surface area (Å²) in [6.07, 6.45) is 4.03. The highest BCUT2D eigenvalue weighted by Gasteiger charge is 2.18. The largest absolute Gasteiger partial charge is 0.489 e. The minimum atomic E-state index is -0.161. The van der Waals surface area contributed by atoms with Gasteiger partial charge in [0.25, 0.3) is 5.89 Å². The SMILES string of the molecule is CCOC(=O)CCCc1cn(C)c2c(-c3noc(-c4ccc(OC(C)C)c(Cl)c4)n3)cccc12. The van der Waals surface area contributed by atoms with Gasteiger partial charge in [0.05, 0.1) is 23.3 Å². The van der Waals surface area contributed by atoms with Crippen LogP contribution in [0.3, 0.4) is 0 Å². The standard InChI is InChI=1S/C26H28ClN3O4/c1-5-32-23(31)11-6-8-18-15-30(4)24-19(18)9-7-10-20(24)25-28-26(34-29-25)17-12-13-22(21(27)14-17)33-16(2)3/h7,9-10,12-16H,5-6,8,11H2,1-4H3. The third-order valence-corrected chi connectivity index (χ3v) is 5.72. The summed E-state index contributed by atoms with van der Waals surface area (Å²) >= 11 is 6.38. The van der Waals surface area contributed by atoms with Crippen LogP contribution in [0.4, 0.5) is 0 Å². The molecule has 0 amide bonds. The molecular formula is C26H28ClN3O4. The van der Waals surface area contributed by atoms with Crippen molar-refractivity contribution in [3.63, 3.8) is 0 Å². The normalized spacial score (nSPS) is 11.4. The first kappa shape index (κ1) is 23.8. The lowest BCUT2D eigenvalue weighted by molar-refractivity contribution is -0.143. The van der Waals surface area contributed by atoms with Crippen molar-refractivity contribution in [3.8, 4) is 28.6 Å². The predicted molar refractivity (Wildman–Crippen MR) is 132 cm³/mol. The average Bonchev–Trinajstić information content (AvgIpc) is 3.41. The molecule has 0 saturated carbocycles. The van der Waals surface area contributed by atoms with E-state index >= 15 is 0 Å². The third-order valence-electron chi connectivity index (χ3n) is 5.42. The first-order valence-corrected chi connectivity index (χ1v) is 11.8. The first-order chi connectivity index (χ1) is 16.4. The van der Waals surface area contributed by atoms with E-state index in [2.05, 4.69) is 27.0 Å². The van der Waals surface area contributed by atoms with Crippen LogP contribution in [0.25, 0.3) is 33.7 Å². The number of esters is 1. The second kappa shape index (κ2) is 10.3. The van der Waals surface area contributed by atoms with Crippen molar-refractivity contribution >= 4 is 28.5 Å². The van der Waals surface area contributed by atoms with E-state index in [4.69, 9.17) is 25.6 Å². The number of fused-ring (bicyclic) bond motifs is 1. The van der Waals surface area contributed by atoms with Gasteiger partial charge in [0.15, 0.2) is 0 Å². The number of aryl methyl sites for hydroxylation is 2. The van der Waals surface area contributed by atoms with E-state index in [1.165, 1.54) is 5.56 Å². The molecule has 2 aromatic carbocycles. The molecule has 0 radical (unpaired) electrons. The fourth-order valence-electron chi connectivity index (χ4n) is 4.02. The number of benzene rings is 2. The van der Waals surface area contributed by atoms with Crippen LogP contribution in [-0.4, -0.2) is 33.4 Å². The van der Waals surface area contributed by atoms with Crippen molar-refractivity contribution in [1.29, 1.82) is 0 Å². The van der Waals surface area contributed by atoms with E-state index in [0.29, 0.717) is 35.5 Å². The lowest BCUT2D eigenvalue weighted by atomic mass is 10.0. The van der Waals surface area contributed by atoms with Crippen LogP contribution in [0.1, 0.15) is 39.2 Å². The zero-order chi connectivity index (χ0) is 24.2. The minimum Gasteiger partial charge on any atom is -0.489 e. The zero-order valence-electron chi connectivity index (χ0n) is 19.8. The molecule has 0 spiro atoms. The summed E-state index contributed by atoms with van der Waals surface area (Å²) in [4.78, 5) is 16.3. The van der Waals surface area contributed by atoms with E-state index < -0.39 is 0 Å². The Morgan fingerprint density at radius 1 is 1.24 bits per heavy atom. The molecule has 0 atom stereocenters. The minimum absolute atomic E-state index is 0.0270. The molecular weight excluding hydrogens is 454 g/mol. The molecule has 4 rings (SSSR count). The van der Waals surface area contributed by atoms with Gasteiger partial charge in [0.1, 0.15) is 5.75 Å². The van der Waals surface area contributed by atoms with Crippen molar-refractivity contribution in [2.75, 3.05) is 6.61 Å². The molecule has 0 bridgehead atoms. The topological polar surface area (TPSA) is 79.4 Å². The maximum Gasteiger partial charge on any atom is 0.305 e. The van der Waals surface area contributed by atoms with Crippen LogP contribution in [0.15, 0.2) is 47.1 Å². The molecule has 2 heterocycles. The number of ether oxygens (including phenoxy) is 2. The van der Waals surface area contributed by atoms with Gasteiger partial charge in [-0.15, -0.1) is 0 Å². The monoisotopic (exact) mass is 481 g/mol. The maximum absolute atomic E-state index is 11.7. The van der Waals surface area contributed by atoms with Crippen molar-refractivity contribution in [2.24, 2.45) is 7.05 Å². The van der Waals surface area contributed by atoms with E-state index in [-0.39, 0.29) is 12.1 Å². The van der Waals surface area contributed by atoms with Crippen LogP contribution in [-0.2, 0) is 23.0 Å². The number of carbonyl (C=O) groups excluding carboxylic acids is 1. The number of carbonyl (C=O) groups is 1. The molecule has 2 aromatic heterocycles. The molecule has 178 valence electrons. The van der Waals surface area contributed by atoms with Gasteiger partial charge < -0.3 is 18.6 Å². The Kier molecular flexibility index (Phi) is 7.22. The van der Waals surface area contributed by atoms with E-state index in [1.807, 2.05) is 52.1 Å². The van der Waals surface area contributed by atoms with E-state index in [0.717, 1.165) is 34.9 Å². The summed E-state index contributed by atoms with van der Waals surface area (Å²) < 4.78 is 18.4. The van der Waals surface area contributed by atoms with Crippen molar-refractivity contribution in [1.82, 2.24) is 14.7 Å². The lowest BCUT2D eigenvalue weighted by Crippen LogP contribution is -2.05. The Hall–Kier alpha value is -3.32. The van der Waals surface area contributed by atoms with Crippen LogP contribution in [0, 0.1) is 0 Å². The van der Waals surface area contributed by atoms with Gasteiger partial charge in [-0.05, 0) is 63.4 Å². The zero-order valence-corrected chi connectivity index (χ0v) is 20.6. The molecule has 0 aliphatic carbocycles. The summed E-state index contributed by atoms with van der Waals surface area (Å²) in [6.45, 7) is 6.12. The molecule has 7 nitrogen and oxygen atoms in total. The van der Waals surface area contributed by atoms with Gasteiger partial charge in [-0.1, -0.05) is 28.9 Å². The van der Waals surface area contributed by atoms with Crippen LogP contribution >= 0.6 is 11.6 Å². The van der Waals surface area contributed by atoms with E-state index in [9.17, 15) is 4.79 Å². The van der Waals surface area contributed by atoms with Crippen LogP contribution < -0.4 is 4.74 Å². The van der Waals surface area contributed by atoms with Gasteiger partial charge in [-0.2, -0.15) is 4.98 Å². The first-order valence-electron chi connectivity index (χ1n) is 11.4. The van der Waals surface area contributed by atoms with Gasteiger partial charge in [-0.3, -0.25) is 4.79 Å². The molecule has 0 N–H and O–H groups in total. The smallest absolute Gasteiger partial charge is 0.305 e. The summed E-state index contributed by atoms with van der Waals surface area (Å²) in [6, 6.07) is 11.5. The number of hydrogen-bond donors (Lipinski definition) is 0. The fourth-order valence-corrected chi connectivity index (χ4v) is 4.25. The van der Waals surface area contributed by atoms with Gasteiger partial charge in [-0.25, -0.2) is 0 Å². The van der Waals surface area contributed by atoms with Gasteiger partial charge >= 0.3 is 5.97 Å². The van der Waals surface area contributed by atoms with Gasteiger partial charge in [0.2, 0.25) is 5.82 Å². The molecule has 8 heteroatoms. The van der Waals surface area contributed by atoms with Crippen molar-refractivity contribution in [3.05, 3.63) is 53.2 Å². The number of hydrogen-bond acceptors (Lipinski definition) is 6. The Labute approximate surface area is 203 Å². The third kappa shape index (κ3) is 5.09. The highest BCUT2D eigenvalue weighted by molar-refractivity contribution is 6.32. The van der Waals surface area contributed by atoms with Crippen molar-refractivity contribution in [2.45, 2.75) is 46.1 Å². The Bertz CT molecular complexity index is 1310. The Morgan fingerprint density at radius 2 is 2.06 bits per heavy atom. The maximum atomic E-state index is 11.7. The summed E-state index contributed by atoms with van der Waals surface area (Å²) in [5.41, 5.74) is 3.77. The van der Waals surface area contributed by atoms with Crippen molar-refractivity contribution < 1.29 is 18.8 Å². The predicted octanol–water partition coefficient (Wildman–Crippen LogP) is 6.22. The van der Waals surface area contributed by atoms with E-state index in [1.54, 1.807) is 6.07 Å². The Balaban J connectivity index is 1.60. The molecule has 0 aliphatic heterocycles. The number of halogens is 1. The summed E-state index contributed by atoms with van der Waals surface area (Å²) in [7, 11) is 1.99.